The lowest BCUT2D eigenvalue weighted by Crippen LogP contribution is -2.60. The first-order valence-corrected chi connectivity index (χ1v) is 9.98. The van der Waals surface area contributed by atoms with Gasteiger partial charge in [0.1, 0.15) is 24.2 Å². The minimum Gasteiger partial charge on any atom is -0.480 e. The number of aliphatic hydroxyl groups excluding tert-OH is 2. The number of nitrogens with one attached hydrogen (secondary N) is 3. The third-order valence-electron chi connectivity index (χ3n) is 4.26. The van der Waals surface area contributed by atoms with Crippen LogP contribution in [-0.2, 0) is 19.2 Å². The second-order valence-corrected chi connectivity index (χ2v) is 8.24. The van der Waals surface area contributed by atoms with Crippen molar-refractivity contribution < 1.29 is 34.5 Å². The predicted molar refractivity (Wildman–Crippen MR) is 109 cm³/mol. The van der Waals surface area contributed by atoms with Gasteiger partial charge in [-0.15, -0.1) is 0 Å². The molecule has 0 spiro atoms. The molecule has 0 aromatic carbocycles. The molecule has 0 aromatic rings. The monoisotopic (exact) mass is 432 g/mol. The fraction of sp³-hybridized carbons (Fsp3) is 0.789. The summed E-state index contributed by atoms with van der Waals surface area (Å²) >= 11 is 0. The van der Waals surface area contributed by atoms with Gasteiger partial charge in [-0.25, -0.2) is 4.79 Å². The Kier molecular flexibility index (Phi) is 12.2. The maximum absolute atomic E-state index is 12.7. The molecule has 174 valence electrons. The molecule has 0 aliphatic heterocycles. The maximum atomic E-state index is 12.7. The molecule has 11 nitrogen and oxygen atoms in total. The number of hydrogen-bond acceptors (Lipinski definition) is 7. The molecule has 0 bridgehead atoms. The summed E-state index contributed by atoms with van der Waals surface area (Å²) in [6.45, 7) is 7.91. The van der Waals surface area contributed by atoms with E-state index in [9.17, 15) is 29.4 Å². The zero-order chi connectivity index (χ0) is 23.6. The van der Waals surface area contributed by atoms with Gasteiger partial charge in [-0.1, -0.05) is 27.7 Å². The summed E-state index contributed by atoms with van der Waals surface area (Å²) < 4.78 is 0. The molecule has 5 unspecified atom stereocenters. The van der Waals surface area contributed by atoms with E-state index >= 15 is 0 Å². The highest BCUT2D eigenvalue weighted by atomic mass is 16.4. The lowest BCUT2D eigenvalue weighted by molar-refractivity contribution is -0.143. The largest absolute Gasteiger partial charge is 0.480 e. The third kappa shape index (κ3) is 9.99. The Morgan fingerprint density at radius 1 is 0.800 bits per heavy atom. The van der Waals surface area contributed by atoms with Crippen molar-refractivity contribution in [2.75, 3.05) is 6.61 Å². The smallest absolute Gasteiger partial charge is 0.326 e. The van der Waals surface area contributed by atoms with Crippen LogP contribution in [0.4, 0.5) is 0 Å². The first-order chi connectivity index (χ1) is 13.8. The van der Waals surface area contributed by atoms with Crippen LogP contribution in [0.2, 0.25) is 0 Å². The van der Waals surface area contributed by atoms with Crippen LogP contribution < -0.4 is 21.7 Å². The van der Waals surface area contributed by atoms with E-state index in [0.29, 0.717) is 0 Å². The number of hydrogen-bond donors (Lipinski definition) is 7. The average molecular weight is 433 g/mol. The van der Waals surface area contributed by atoms with Crippen LogP contribution in [0.15, 0.2) is 0 Å². The number of rotatable bonds is 13. The molecule has 0 radical (unpaired) electrons. The Hall–Kier alpha value is -2.24. The van der Waals surface area contributed by atoms with Gasteiger partial charge in [-0.3, -0.25) is 14.4 Å². The van der Waals surface area contributed by atoms with Crippen molar-refractivity contribution in [2.45, 2.75) is 77.7 Å². The van der Waals surface area contributed by atoms with Gasteiger partial charge in [0.25, 0.3) is 0 Å². The van der Waals surface area contributed by atoms with Crippen molar-refractivity contribution >= 4 is 23.7 Å². The van der Waals surface area contributed by atoms with Crippen LogP contribution >= 0.6 is 0 Å². The Balaban J connectivity index is 5.38. The Morgan fingerprint density at radius 3 is 1.67 bits per heavy atom. The van der Waals surface area contributed by atoms with Crippen LogP contribution in [0.1, 0.15) is 47.5 Å². The fourth-order valence-electron chi connectivity index (χ4n) is 2.68. The first-order valence-electron chi connectivity index (χ1n) is 9.98. The zero-order valence-corrected chi connectivity index (χ0v) is 18.2. The lowest BCUT2D eigenvalue weighted by Gasteiger charge is -2.27. The summed E-state index contributed by atoms with van der Waals surface area (Å²) in [6.07, 6.45) is -0.931. The Labute approximate surface area is 176 Å². The summed E-state index contributed by atoms with van der Waals surface area (Å²) in [6, 6.07) is -4.88. The van der Waals surface area contributed by atoms with Crippen molar-refractivity contribution in [3.05, 3.63) is 0 Å². The van der Waals surface area contributed by atoms with E-state index in [1.807, 2.05) is 13.8 Å². The second kappa shape index (κ2) is 13.1. The molecule has 3 amide bonds. The third-order valence-corrected chi connectivity index (χ3v) is 4.26. The normalized spacial score (nSPS) is 16.3. The number of amides is 3. The van der Waals surface area contributed by atoms with Gasteiger partial charge in [0.15, 0.2) is 0 Å². The van der Waals surface area contributed by atoms with E-state index in [4.69, 9.17) is 10.8 Å². The van der Waals surface area contributed by atoms with Gasteiger partial charge in [0, 0.05) is 0 Å². The van der Waals surface area contributed by atoms with Gasteiger partial charge in [0.05, 0.1) is 12.7 Å². The van der Waals surface area contributed by atoms with Gasteiger partial charge in [-0.2, -0.15) is 0 Å². The van der Waals surface area contributed by atoms with Crippen molar-refractivity contribution in [3.63, 3.8) is 0 Å². The van der Waals surface area contributed by atoms with Gasteiger partial charge in [0.2, 0.25) is 17.7 Å². The number of carbonyl (C=O) groups excluding carboxylic acids is 3. The zero-order valence-electron chi connectivity index (χ0n) is 18.2. The van der Waals surface area contributed by atoms with E-state index in [-0.39, 0.29) is 24.7 Å². The van der Waals surface area contributed by atoms with Crippen molar-refractivity contribution in [1.29, 1.82) is 0 Å². The molecule has 0 fully saturated rings. The topological polar surface area (TPSA) is 191 Å². The van der Waals surface area contributed by atoms with E-state index < -0.39 is 60.6 Å². The highest BCUT2D eigenvalue weighted by molar-refractivity contribution is 5.94. The van der Waals surface area contributed by atoms with Gasteiger partial charge >= 0.3 is 5.97 Å². The van der Waals surface area contributed by atoms with E-state index in [1.165, 1.54) is 6.92 Å². The van der Waals surface area contributed by atoms with Crippen LogP contribution in [0, 0.1) is 11.8 Å². The summed E-state index contributed by atoms with van der Waals surface area (Å²) in [7, 11) is 0. The van der Waals surface area contributed by atoms with Crippen LogP contribution in [0.25, 0.3) is 0 Å². The lowest BCUT2D eigenvalue weighted by atomic mass is 10.0. The summed E-state index contributed by atoms with van der Waals surface area (Å²) in [5.41, 5.74) is 5.46. The fourth-order valence-corrected chi connectivity index (χ4v) is 2.68. The molecular weight excluding hydrogens is 396 g/mol. The summed E-state index contributed by atoms with van der Waals surface area (Å²) in [4.78, 5) is 48.6. The molecule has 0 aliphatic carbocycles. The standard InChI is InChI=1S/C19H36N4O7/c1-9(2)6-13(21-16(26)12(20)8-24)17(27)23-15(11(5)25)18(28)22-14(19(29)30)7-10(3)4/h9-15,24-25H,6-8,20H2,1-5H3,(H,21,26)(H,22,28)(H,23,27)(H,29,30). The van der Waals surface area contributed by atoms with Crippen LogP contribution in [-0.4, -0.2) is 75.9 Å². The molecule has 0 saturated heterocycles. The predicted octanol–water partition coefficient (Wildman–Crippen LogP) is -1.68. The number of nitrogens with two attached hydrogens (primary N) is 1. The molecule has 11 heteroatoms. The molecule has 0 aliphatic rings. The van der Waals surface area contributed by atoms with E-state index in [1.54, 1.807) is 13.8 Å². The Bertz CT molecular complexity index is 595. The molecular formula is C19H36N4O7. The molecule has 0 heterocycles. The number of carboxylic acids is 1. The first kappa shape index (κ1) is 27.8. The summed E-state index contributed by atoms with van der Waals surface area (Å²) in [5.74, 6) is -3.57. The minimum atomic E-state index is -1.43. The number of carboxylic acid groups (broad SMARTS) is 1. The average Bonchev–Trinajstić information content (AvgIpc) is 2.62. The molecule has 0 aromatic heterocycles. The molecule has 30 heavy (non-hydrogen) atoms. The number of aliphatic hydroxyl groups is 2. The quantitative estimate of drug-likeness (QED) is 0.179. The maximum Gasteiger partial charge on any atom is 0.326 e. The highest BCUT2D eigenvalue weighted by Crippen LogP contribution is 2.08. The molecule has 5 atom stereocenters. The van der Waals surface area contributed by atoms with Gasteiger partial charge < -0.3 is 37.0 Å². The number of aliphatic carboxylic acids is 1. The van der Waals surface area contributed by atoms with Crippen molar-refractivity contribution in [2.24, 2.45) is 17.6 Å². The molecule has 0 saturated carbocycles. The van der Waals surface area contributed by atoms with Crippen LogP contribution in [0.5, 0.6) is 0 Å². The van der Waals surface area contributed by atoms with Crippen molar-refractivity contribution in [1.82, 2.24) is 16.0 Å². The SMILES string of the molecule is CC(C)CC(NC(=O)C(NC(=O)C(CC(C)C)NC(=O)C(N)CO)C(C)O)C(=O)O. The number of carbonyl (C=O) groups is 4. The molecule has 0 rings (SSSR count). The second-order valence-electron chi connectivity index (χ2n) is 8.24. The van der Waals surface area contributed by atoms with Gasteiger partial charge in [-0.05, 0) is 31.6 Å². The van der Waals surface area contributed by atoms with E-state index in [0.717, 1.165) is 0 Å². The molecule has 8 N–H and O–H groups in total. The van der Waals surface area contributed by atoms with Crippen molar-refractivity contribution in [3.8, 4) is 0 Å². The summed E-state index contributed by atoms with van der Waals surface area (Å²) in [5, 5.41) is 35.4. The Morgan fingerprint density at radius 2 is 1.27 bits per heavy atom. The highest BCUT2D eigenvalue weighted by Gasteiger charge is 2.33. The van der Waals surface area contributed by atoms with Crippen LogP contribution in [0.3, 0.4) is 0 Å². The minimum absolute atomic E-state index is 0.00680. The van der Waals surface area contributed by atoms with E-state index in [2.05, 4.69) is 16.0 Å².